The number of hydrogen-bond acceptors (Lipinski definition) is 18. The molecule has 18 nitrogen and oxygen atoms in total. The van der Waals surface area contributed by atoms with Crippen molar-refractivity contribution in [3.63, 3.8) is 0 Å². The number of phenolic OH excluding ortho intramolecular Hbond substituents is 2. The molecule has 8 atom stereocenters. The Morgan fingerprint density at radius 2 is 1.69 bits per heavy atom. The number of aliphatic hydroxyl groups is 2. The van der Waals surface area contributed by atoms with Crippen LogP contribution in [0.4, 0.5) is 0 Å². The molecule has 1 aliphatic heterocycles. The summed E-state index contributed by atoms with van der Waals surface area (Å²) in [6.07, 6.45) is -4.24. The molecule has 0 radical (unpaired) electrons. The van der Waals surface area contributed by atoms with Gasteiger partial charge in [-0.15, -0.1) is 0 Å². The molecule has 2 unspecified atom stereocenters. The van der Waals surface area contributed by atoms with Crippen molar-refractivity contribution >= 4 is 34.8 Å². The smallest absolute Gasteiger partial charge is 0.341 e. The fourth-order valence-corrected chi connectivity index (χ4v) is 8.19. The largest absolute Gasteiger partial charge is 0.507 e. The zero-order valence-corrected chi connectivity index (χ0v) is 28.4. The molecule has 0 spiro atoms. The van der Waals surface area contributed by atoms with Gasteiger partial charge in [-0.2, -0.15) is 9.81 Å². The van der Waals surface area contributed by atoms with E-state index in [1.165, 1.54) is 20.1 Å². The van der Waals surface area contributed by atoms with Crippen LogP contribution < -0.4 is 0 Å². The lowest BCUT2D eigenvalue weighted by atomic mass is 9.56. The molecule has 2 aromatic carbocycles. The van der Waals surface area contributed by atoms with Crippen molar-refractivity contribution < 1.29 is 63.3 Å². The van der Waals surface area contributed by atoms with Crippen molar-refractivity contribution in [2.24, 2.45) is 21.3 Å². The van der Waals surface area contributed by atoms with Gasteiger partial charge in [0.25, 0.3) is 0 Å². The van der Waals surface area contributed by atoms with E-state index in [0.29, 0.717) is 0 Å². The first-order valence-electron chi connectivity index (χ1n) is 15.9. The molecule has 3 aliphatic carbocycles. The van der Waals surface area contributed by atoms with Gasteiger partial charge in [0.1, 0.15) is 35.3 Å². The van der Waals surface area contributed by atoms with Crippen molar-refractivity contribution in [3.8, 4) is 11.5 Å². The van der Waals surface area contributed by atoms with Crippen LogP contribution in [0.5, 0.6) is 11.5 Å². The van der Waals surface area contributed by atoms with Crippen molar-refractivity contribution in [1.82, 2.24) is 0 Å². The highest BCUT2D eigenvalue weighted by atomic mass is 16.6. The Morgan fingerprint density at radius 1 is 1.00 bits per heavy atom. The minimum absolute atomic E-state index is 0.0474. The quantitative estimate of drug-likeness (QED) is 0.231. The minimum Gasteiger partial charge on any atom is -0.507 e. The molecule has 0 saturated carbocycles. The van der Waals surface area contributed by atoms with Gasteiger partial charge >= 0.3 is 5.97 Å². The summed E-state index contributed by atoms with van der Waals surface area (Å²) in [4.78, 5) is 97.9. The predicted molar refractivity (Wildman–Crippen MR) is 174 cm³/mol. The number of aromatic hydroxyl groups is 2. The molecule has 4 N–H and O–H groups in total. The maximum atomic E-state index is 14.7. The number of methoxy groups -OCH3 is 3. The summed E-state index contributed by atoms with van der Waals surface area (Å²) in [6, 6.07) is -0.911. The standard InChI is InChI=1S/C34H33N3O15/c1-11-6-13-7-19(36-47)34(51-5)30(44)22-15(29(43)33(34,46)23(13)27(42)20(11)32(45)50-4)8-14-21(26(22)41)18(39)9-17(25(14)40)35-31-16(10-38)24(37-48)28(49-3)12(2)52-31/h6,8,12,16,19,24,28,31,38,41-42,46H,7,9-10H2,1-5H3/t12-,16+,19?,24?,28-,31-,33-,34+/m0/s1. The molecule has 0 bridgehead atoms. The molecule has 52 heavy (non-hydrogen) atoms. The molecular formula is C34H33N3O15. The Kier molecular flexibility index (Phi) is 9.03. The lowest BCUT2D eigenvalue weighted by Crippen LogP contribution is -2.72. The first-order valence-corrected chi connectivity index (χ1v) is 15.9. The van der Waals surface area contributed by atoms with Crippen molar-refractivity contribution in [3.05, 3.63) is 66.5 Å². The van der Waals surface area contributed by atoms with Crippen LogP contribution in [0.1, 0.15) is 81.8 Å². The first kappa shape index (κ1) is 36.6. The van der Waals surface area contributed by atoms with Gasteiger partial charge in [0.15, 0.2) is 23.2 Å². The Morgan fingerprint density at radius 3 is 2.27 bits per heavy atom. The molecule has 4 aliphatic rings. The van der Waals surface area contributed by atoms with Crippen molar-refractivity contribution in [2.75, 3.05) is 27.9 Å². The van der Waals surface area contributed by atoms with Gasteiger partial charge in [-0.05, 0) is 31.0 Å². The Bertz CT molecular complexity index is 2030. The van der Waals surface area contributed by atoms with Crippen LogP contribution in [0.15, 0.2) is 27.5 Å². The van der Waals surface area contributed by atoms with E-state index in [2.05, 4.69) is 15.3 Å². The van der Waals surface area contributed by atoms with Crippen LogP contribution in [0.25, 0.3) is 0 Å². The number of fused-ring (bicyclic) bond motifs is 5. The van der Waals surface area contributed by atoms with Crippen LogP contribution in [0, 0.1) is 22.7 Å². The summed E-state index contributed by atoms with van der Waals surface area (Å²) < 4.78 is 21.4. The number of hydrogen-bond donors (Lipinski definition) is 4. The number of aliphatic imine (C=N–C) groups is 1. The lowest BCUT2D eigenvalue weighted by Gasteiger charge is -2.52. The summed E-state index contributed by atoms with van der Waals surface area (Å²) >= 11 is 0. The zero-order valence-electron chi connectivity index (χ0n) is 28.4. The van der Waals surface area contributed by atoms with Crippen LogP contribution in [-0.2, 0) is 31.0 Å². The van der Waals surface area contributed by atoms with E-state index >= 15 is 0 Å². The number of rotatable bonds is 7. The Balaban J connectivity index is 1.56. The number of nitrogens with zero attached hydrogens (tertiary/aromatic N) is 3. The second-order valence-electron chi connectivity index (χ2n) is 13.0. The number of benzene rings is 2. The molecule has 1 heterocycles. The number of esters is 1. The fourth-order valence-electron chi connectivity index (χ4n) is 8.19. The third kappa shape index (κ3) is 4.61. The monoisotopic (exact) mass is 723 g/mol. The number of carbonyl (C=O) groups is 5. The Labute approximate surface area is 293 Å². The van der Waals surface area contributed by atoms with Gasteiger partial charge in [0, 0.05) is 37.3 Å². The van der Waals surface area contributed by atoms with E-state index in [4.69, 9.17) is 18.9 Å². The molecule has 2 aromatic rings. The van der Waals surface area contributed by atoms with Gasteiger partial charge in [-0.25, -0.2) is 4.79 Å². The van der Waals surface area contributed by atoms with Gasteiger partial charge < -0.3 is 39.4 Å². The van der Waals surface area contributed by atoms with E-state index in [0.717, 1.165) is 20.3 Å². The van der Waals surface area contributed by atoms with Gasteiger partial charge in [-0.3, -0.25) is 24.2 Å². The summed E-state index contributed by atoms with van der Waals surface area (Å²) in [7, 11) is 3.22. The number of carbonyl (C=O) groups excluding carboxylic acids is 5. The highest BCUT2D eigenvalue weighted by molar-refractivity contribution is 6.53. The highest BCUT2D eigenvalue weighted by Crippen LogP contribution is 2.57. The molecule has 1 fully saturated rings. The van der Waals surface area contributed by atoms with Crippen molar-refractivity contribution in [1.29, 1.82) is 0 Å². The molecule has 6 rings (SSSR count). The van der Waals surface area contributed by atoms with Gasteiger partial charge in [0.05, 0.1) is 49.0 Å². The van der Waals surface area contributed by atoms with E-state index in [-0.39, 0.29) is 11.1 Å². The van der Waals surface area contributed by atoms with Crippen LogP contribution in [0.3, 0.4) is 0 Å². The third-order valence-corrected chi connectivity index (χ3v) is 10.6. The number of aryl methyl sites for hydroxylation is 1. The highest BCUT2D eigenvalue weighted by Gasteiger charge is 2.73. The predicted octanol–water partition coefficient (Wildman–Crippen LogP) is 1.25. The second-order valence-corrected chi connectivity index (χ2v) is 13.0. The van der Waals surface area contributed by atoms with E-state index < -0.39 is 147 Å². The molecule has 18 heteroatoms. The first-order chi connectivity index (χ1) is 24.6. The topological polar surface area (TPSA) is 274 Å². The SMILES string of the molecule is COC(=O)c1c(C)cc2c(c1O)[C@]1(O)C(=O)c3cc4c(c(O)c3C(=O)[C@]1(OC)C(N=O)C2)C(=O)CC(=N[C@H]1O[C@@H](C)[C@H](OC)C(N=O)[C@H]1CO)C4=O. The number of phenols is 2. The second kappa shape index (κ2) is 12.8. The van der Waals surface area contributed by atoms with Crippen LogP contribution >= 0.6 is 0 Å². The number of ketones is 4. The average molecular weight is 724 g/mol. The van der Waals surface area contributed by atoms with Crippen LogP contribution in [-0.4, -0.2) is 119 Å². The van der Waals surface area contributed by atoms with Crippen molar-refractivity contribution in [2.45, 2.75) is 68.4 Å². The molecule has 0 aromatic heterocycles. The fraction of sp³-hybridized carbons (Fsp3) is 0.471. The molecule has 1 saturated heterocycles. The van der Waals surface area contributed by atoms with Gasteiger partial charge in [-0.1, -0.05) is 16.4 Å². The Hall–Kier alpha value is -5.14. The molecule has 274 valence electrons. The number of aliphatic hydroxyl groups excluding tert-OH is 1. The number of nitroso groups, excluding NO2 is 2. The van der Waals surface area contributed by atoms with E-state index in [1.54, 1.807) is 6.92 Å². The number of Topliss-reactive ketones (excluding diaryl/α,β-unsaturated/α-hetero) is 4. The van der Waals surface area contributed by atoms with E-state index in [9.17, 15) is 54.2 Å². The van der Waals surface area contributed by atoms with Gasteiger partial charge in [0.2, 0.25) is 17.3 Å². The summed E-state index contributed by atoms with van der Waals surface area (Å²) in [6.45, 7) is 2.30. The van der Waals surface area contributed by atoms with E-state index in [1.807, 2.05) is 0 Å². The number of ether oxygens (including phenoxy) is 4. The maximum absolute atomic E-state index is 14.7. The molecular weight excluding hydrogens is 690 g/mol. The minimum atomic E-state index is -3.30. The zero-order chi connectivity index (χ0) is 38.2. The van der Waals surface area contributed by atoms with Crippen LogP contribution in [0.2, 0.25) is 0 Å². The lowest BCUT2D eigenvalue weighted by molar-refractivity contribution is -0.161. The summed E-state index contributed by atoms with van der Waals surface area (Å²) in [5.41, 5.74) is -10.7. The maximum Gasteiger partial charge on any atom is 0.341 e. The third-order valence-electron chi connectivity index (χ3n) is 10.6. The summed E-state index contributed by atoms with van der Waals surface area (Å²) in [5, 5.41) is 51.7. The average Bonchev–Trinajstić information content (AvgIpc) is 3.11. The summed E-state index contributed by atoms with van der Waals surface area (Å²) in [5.74, 6) is -9.01. The normalized spacial score (nSPS) is 31.7. The molecule has 0 amide bonds.